The second-order valence-electron chi connectivity index (χ2n) is 8.31. The van der Waals surface area contributed by atoms with Gasteiger partial charge in [0.25, 0.3) is 5.91 Å². The molecule has 2 aromatic heterocycles. The third-order valence-electron chi connectivity index (χ3n) is 5.87. The Balaban J connectivity index is 1.52. The molecule has 5 rings (SSSR count). The van der Waals surface area contributed by atoms with Gasteiger partial charge < -0.3 is 9.64 Å². The fourth-order valence-electron chi connectivity index (χ4n) is 4.08. The first kappa shape index (κ1) is 22.3. The summed E-state index contributed by atoms with van der Waals surface area (Å²) in [6.45, 7) is 2.23. The molecule has 0 saturated carbocycles. The number of hydrogen-bond acceptors (Lipinski definition) is 5. The first-order chi connectivity index (χ1) is 17.0. The van der Waals surface area contributed by atoms with E-state index < -0.39 is 0 Å². The van der Waals surface area contributed by atoms with Crippen molar-refractivity contribution in [3.63, 3.8) is 0 Å². The highest BCUT2D eigenvalue weighted by Crippen LogP contribution is 2.28. The summed E-state index contributed by atoms with van der Waals surface area (Å²) in [4.78, 5) is 24.6. The van der Waals surface area contributed by atoms with Gasteiger partial charge >= 0.3 is 0 Å². The Morgan fingerprint density at radius 1 is 0.971 bits per heavy atom. The molecule has 35 heavy (non-hydrogen) atoms. The molecule has 5 aromatic rings. The van der Waals surface area contributed by atoms with Crippen LogP contribution in [0.3, 0.4) is 0 Å². The normalized spacial score (nSPS) is 10.9. The van der Waals surface area contributed by atoms with E-state index in [1.54, 1.807) is 29.9 Å². The Morgan fingerprint density at radius 2 is 1.74 bits per heavy atom. The van der Waals surface area contributed by atoms with Crippen LogP contribution in [0.1, 0.15) is 21.9 Å². The summed E-state index contributed by atoms with van der Waals surface area (Å²) in [6, 6.07) is 25.2. The van der Waals surface area contributed by atoms with Crippen LogP contribution >= 0.6 is 0 Å². The number of benzene rings is 3. The van der Waals surface area contributed by atoms with Crippen LogP contribution in [0.4, 0.5) is 0 Å². The van der Waals surface area contributed by atoms with E-state index in [1.165, 1.54) is 0 Å². The summed E-state index contributed by atoms with van der Waals surface area (Å²) in [7, 11) is 3.37. The van der Waals surface area contributed by atoms with E-state index in [2.05, 4.69) is 9.97 Å². The number of hydrogen-bond donors (Lipinski definition) is 0. The summed E-state index contributed by atoms with van der Waals surface area (Å²) in [5.74, 6) is 1.12. The Morgan fingerprint density at radius 3 is 2.54 bits per heavy atom. The summed E-state index contributed by atoms with van der Waals surface area (Å²) < 4.78 is 7.12. The summed E-state index contributed by atoms with van der Waals surface area (Å²) in [5.41, 5.74) is 4.49. The Kier molecular flexibility index (Phi) is 5.97. The predicted molar refractivity (Wildman–Crippen MR) is 136 cm³/mol. The van der Waals surface area contributed by atoms with Crippen molar-refractivity contribution in [2.24, 2.45) is 0 Å². The third-order valence-corrected chi connectivity index (χ3v) is 5.87. The molecule has 0 spiro atoms. The lowest BCUT2D eigenvalue weighted by Gasteiger charge is -2.17. The first-order valence-corrected chi connectivity index (χ1v) is 11.3. The summed E-state index contributed by atoms with van der Waals surface area (Å²) >= 11 is 0. The van der Waals surface area contributed by atoms with Crippen LogP contribution in [0.25, 0.3) is 27.8 Å². The molecule has 0 aliphatic rings. The minimum atomic E-state index is -0.167. The Bertz CT molecular complexity index is 1510. The molecular formula is C28H25N5O2. The maximum absolute atomic E-state index is 13.7. The van der Waals surface area contributed by atoms with Crippen LogP contribution in [0.5, 0.6) is 5.75 Å². The number of rotatable bonds is 6. The number of methoxy groups -OCH3 is 1. The zero-order chi connectivity index (χ0) is 24.4. The summed E-state index contributed by atoms with van der Waals surface area (Å²) in [5, 5.41) is 5.78. The van der Waals surface area contributed by atoms with Crippen molar-refractivity contribution in [3.8, 4) is 22.7 Å². The van der Waals surface area contributed by atoms with E-state index in [-0.39, 0.29) is 12.5 Å². The molecule has 2 heterocycles. The predicted octanol–water partition coefficient (Wildman–Crippen LogP) is 5.07. The number of nitrogens with zero attached hydrogens (tertiary/aromatic N) is 5. The average Bonchev–Trinajstić information content (AvgIpc) is 3.34. The lowest BCUT2D eigenvalue weighted by Crippen LogP contribution is -2.27. The van der Waals surface area contributed by atoms with E-state index in [0.29, 0.717) is 22.8 Å². The molecule has 7 heteroatoms. The highest BCUT2D eigenvalue weighted by molar-refractivity contribution is 6.00. The molecule has 0 atom stereocenters. The van der Waals surface area contributed by atoms with Crippen molar-refractivity contribution in [1.82, 2.24) is 24.6 Å². The van der Waals surface area contributed by atoms with Crippen molar-refractivity contribution in [1.29, 1.82) is 0 Å². The Labute approximate surface area is 203 Å². The van der Waals surface area contributed by atoms with Crippen molar-refractivity contribution in [3.05, 3.63) is 102 Å². The van der Waals surface area contributed by atoms with Crippen LogP contribution < -0.4 is 4.74 Å². The number of aromatic nitrogens is 4. The monoisotopic (exact) mass is 463 g/mol. The first-order valence-electron chi connectivity index (χ1n) is 11.3. The zero-order valence-corrected chi connectivity index (χ0v) is 19.8. The maximum Gasteiger partial charge on any atom is 0.257 e. The van der Waals surface area contributed by atoms with Gasteiger partial charge in [0.15, 0.2) is 0 Å². The fourth-order valence-corrected chi connectivity index (χ4v) is 4.08. The molecule has 174 valence electrons. The van der Waals surface area contributed by atoms with Crippen LogP contribution in [0, 0.1) is 6.92 Å². The number of para-hydroxylation sites is 2. The van der Waals surface area contributed by atoms with Crippen molar-refractivity contribution >= 4 is 16.8 Å². The molecule has 0 N–H and O–H groups in total. The zero-order valence-electron chi connectivity index (χ0n) is 19.8. The molecule has 1 amide bonds. The van der Waals surface area contributed by atoms with Gasteiger partial charge in [-0.1, -0.05) is 48.5 Å². The van der Waals surface area contributed by atoms with Crippen LogP contribution in [0.2, 0.25) is 0 Å². The second kappa shape index (κ2) is 9.38. The molecule has 0 fully saturated rings. The van der Waals surface area contributed by atoms with Gasteiger partial charge in [-0.3, -0.25) is 4.79 Å². The van der Waals surface area contributed by atoms with Gasteiger partial charge in [-0.2, -0.15) is 5.10 Å². The molecule has 7 nitrogen and oxygen atoms in total. The second-order valence-corrected chi connectivity index (χ2v) is 8.31. The lowest BCUT2D eigenvalue weighted by molar-refractivity contribution is 0.0782. The standard InChI is InChI=1S/C28H25N5O2/c1-19-23-14-7-8-15-25(23)30-26(29-19)18-32(2)28(34)24-17-33(21-11-5-4-6-12-21)31-27(24)20-10-9-13-22(16-20)35-3/h4-17H,18H2,1-3H3. The number of carbonyl (C=O) groups excluding carboxylic acids is 1. The van der Waals surface area contributed by atoms with Gasteiger partial charge in [-0.15, -0.1) is 0 Å². The quantitative estimate of drug-likeness (QED) is 0.351. The molecule has 0 radical (unpaired) electrons. The minimum Gasteiger partial charge on any atom is -0.497 e. The van der Waals surface area contributed by atoms with Crippen LogP contribution in [0.15, 0.2) is 85.1 Å². The van der Waals surface area contributed by atoms with E-state index in [4.69, 9.17) is 9.84 Å². The van der Waals surface area contributed by atoms with E-state index >= 15 is 0 Å². The summed E-state index contributed by atoms with van der Waals surface area (Å²) in [6.07, 6.45) is 1.77. The highest BCUT2D eigenvalue weighted by atomic mass is 16.5. The number of carbonyl (C=O) groups is 1. The van der Waals surface area contributed by atoms with E-state index in [0.717, 1.165) is 27.8 Å². The van der Waals surface area contributed by atoms with E-state index in [9.17, 15) is 4.79 Å². The smallest absolute Gasteiger partial charge is 0.257 e. The number of ether oxygens (including phenoxy) is 1. The van der Waals surface area contributed by atoms with Crippen molar-refractivity contribution < 1.29 is 9.53 Å². The molecule has 0 saturated heterocycles. The molecule has 0 aliphatic carbocycles. The number of fused-ring (bicyclic) bond motifs is 1. The van der Waals surface area contributed by atoms with Crippen molar-refractivity contribution in [2.75, 3.05) is 14.2 Å². The molecular weight excluding hydrogens is 438 g/mol. The molecule has 0 aliphatic heterocycles. The van der Waals surface area contributed by atoms with Gasteiger partial charge in [-0.05, 0) is 37.3 Å². The number of aryl methyl sites for hydroxylation is 1. The molecule has 3 aromatic carbocycles. The van der Waals surface area contributed by atoms with Gasteiger partial charge in [0.1, 0.15) is 17.3 Å². The fraction of sp³-hybridized carbons (Fsp3) is 0.143. The average molecular weight is 464 g/mol. The Hall–Kier alpha value is -4.52. The molecule has 0 bridgehead atoms. The topological polar surface area (TPSA) is 73.1 Å². The highest BCUT2D eigenvalue weighted by Gasteiger charge is 2.23. The van der Waals surface area contributed by atoms with Crippen molar-refractivity contribution in [2.45, 2.75) is 13.5 Å². The van der Waals surface area contributed by atoms with Gasteiger partial charge in [0.2, 0.25) is 0 Å². The maximum atomic E-state index is 13.7. The minimum absolute atomic E-state index is 0.167. The van der Waals surface area contributed by atoms with Gasteiger partial charge in [0.05, 0.1) is 30.4 Å². The number of amides is 1. The van der Waals surface area contributed by atoms with Crippen LogP contribution in [-0.4, -0.2) is 44.7 Å². The third kappa shape index (κ3) is 4.48. The lowest BCUT2D eigenvalue weighted by atomic mass is 10.1. The SMILES string of the molecule is COc1cccc(-c2nn(-c3ccccc3)cc2C(=O)N(C)Cc2nc(C)c3ccccc3n2)c1. The molecule has 0 unspecified atom stereocenters. The van der Waals surface area contributed by atoms with Gasteiger partial charge in [0, 0.05) is 29.9 Å². The van der Waals surface area contributed by atoms with Crippen LogP contribution in [-0.2, 0) is 6.54 Å². The largest absolute Gasteiger partial charge is 0.497 e. The van der Waals surface area contributed by atoms with E-state index in [1.807, 2.05) is 85.8 Å². The van der Waals surface area contributed by atoms with Gasteiger partial charge in [-0.25, -0.2) is 14.6 Å².